The second-order valence-electron chi connectivity index (χ2n) is 6.91. The van der Waals surface area contributed by atoms with E-state index in [0.29, 0.717) is 13.2 Å². The van der Waals surface area contributed by atoms with Gasteiger partial charge in [-0.1, -0.05) is 31.7 Å². The van der Waals surface area contributed by atoms with E-state index in [1.165, 1.54) is 5.56 Å². The summed E-state index contributed by atoms with van der Waals surface area (Å²) < 4.78 is 5.57. The maximum Gasteiger partial charge on any atom is 0.319 e. The monoisotopic (exact) mass is 378 g/mol. The number of hydrogen-bond acceptors (Lipinski definition) is 3. The first kappa shape index (κ1) is 23.0. The van der Waals surface area contributed by atoms with E-state index in [-0.39, 0.29) is 12.5 Å². The van der Waals surface area contributed by atoms with Gasteiger partial charge in [-0.3, -0.25) is 4.79 Å². The highest BCUT2D eigenvalue weighted by atomic mass is 16.5. The third kappa shape index (κ3) is 12.0. The number of anilines is 1. The van der Waals surface area contributed by atoms with Gasteiger partial charge in [0.15, 0.2) is 0 Å². The first-order valence-corrected chi connectivity index (χ1v) is 9.90. The molecule has 0 spiro atoms. The van der Waals surface area contributed by atoms with Crippen molar-refractivity contribution in [2.24, 2.45) is 0 Å². The number of aryl methyl sites for hydroxylation is 2. The SMILES string of the molecule is Cc1ccc(NC(=O)NCCCOCCCCCCCCC(=O)O)cc1C. The number of aliphatic carboxylic acids is 1. The minimum absolute atomic E-state index is 0.193. The van der Waals surface area contributed by atoms with E-state index in [9.17, 15) is 9.59 Å². The van der Waals surface area contributed by atoms with Gasteiger partial charge < -0.3 is 20.5 Å². The van der Waals surface area contributed by atoms with Crippen molar-refractivity contribution in [2.75, 3.05) is 25.1 Å². The number of amides is 2. The van der Waals surface area contributed by atoms with E-state index in [1.807, 2.05) is 32.0 Å². The van der Waals surface area contributed by atoms with Crippen molar-refractivity contribution >= 4 is 17.7 Å². The molecule has 1 aromatic carbocycles. The Balaban J connectivity index is 1.90. The number of hydrogen-bond donors (Lipinski definition) is 3. The zero-order valence-corrected chi connectivity index (χ0v) is 16.7. The molecule has 27 heavy (non-hydrogen) atoms. The van der Waals surface area contributed by atoms with E-state index in [0.717, 1.165) is 62.8 Å². The van der Waals surface area contributed by atoms with Crippen molar-refractivity contribution in [1.82, 2.24) is 5.32 Å². The first-order chi connectivity index (χ1) is 13.0. The zero-order valence-electron chi connectivity index (χ0n) is 16.7. The van der Waals surface area contributed by atoms with Crippen LogP contribution in [0.4, 0.5) is 10.5 Å². The molecule has 1 rings (SSSR count). The highest BCUT2D eigenvalue weighted by Crippen LogP contribution is 2.13. The number of carbonyl (C=O) groups is 2. The molecule has 0 radical (unpaired) electrons. The summed E-state index contributed by atoms with van der Waals surface area (Å²) >= 11 is 0. The third-order valence-corrected chi connectivity index (χ3v) is 4.45. The number of unbranched alkanes of at least 4 members (excludes halogenated alkanes) is 5. The fraction of sp³-hybridized carbons (Fsp3) is 0.619. The topological polar surface area (TPSA) is 87.7 Å². The number of carbonyl (C=O) groups excluding carboxylic acids is 1. The van der Waals surface area contributed by atoms with E-state index < -0.39 is 5.97 Å². The predicted octanol–water partition coefficient (Wildman–Crippen LogP) is 4.65. The number of carboxylic acid groups (broad SMARTS) is 1. The highest BCUT2D eigenvalue weighted by molar-refractivity contribution is 5.89. The molecule has 152 valence electrons. The second-order valence-corrected chi connectivity index (χ2v) is 6.91. The van der Waals surface area contributed by atoms with Crippen molar-refractivity contribution in [3.8, 4) is 0 Å². The third-order valence-electron chi connectivity index (χ3n) is 4.45. The van der Waals surface area contributed by atoms with Crippen LogP contribution in [0, 0.1) is 13.8 Å². The van der Waals surface area contributed by atoms with Crippen LogP contribution in [0.3, 0.4) is 0 Å². The van der Waals surface area contributed by atoms with Gasteiger partial charge in [0.2, 0.25) is 0 Å². The molecule has 0 saturated carbocycles. The zero-order chi connectivity index (χ0) is 19.9. The summed E-state index contributed by atoms with van der Waals surface area (Å²) in [6.07, 6.45) is 7.19. The number of carboxylic acids is 1. The Morgan fingerprint density at radius 3 is 2.30 bits per heavy atom. The van der Waals surface area contributed by atoms with E-state index in [2.05, 4.69) is 10.6 Å². The number of benzene rings is 1. The lowest BCUT2D eigenvalue weighted by atomic mass is 10.1. The Hall–Kier alpha value is -2.08. The van der Waals surface area contributed by atoms with Gasteiger partial charge in [-0.2, -0.15) is 0 Å². The van der Waals surface area contributed by atoms with Gasteiger partial charge >= 0.3 is 12.0 Å². The van der Waals surface area contributed by atoms with Crippen molar-refractivity contribution in [3.63, 3.8) is 0 Å². The van der Waals surface area contributed by atoms with E-state index in [1.54, 1.807) is 0 Å². The second kappa shape index (κ2) is 14.0. The molecule has 0 aliphatic rings. The molecule has 0 unspecified atom stereocenters. The summed E-state index contributed by atoms with van der Waals surface area (Å²) in [6, 6.07) is 5.66. The maximum absolute atomic E-state index is 11.8. The molecule has 0 fully saturated rings. The van der Waals surface area contributed by atoms with Crippen molar-refractivity contribution in [2.45, 2.75) is 65.2 Å². The average Bonchev–Trinajstić information content (AvgIpc) is 2.62. The van der Waals surface area contributed by atoms with Crippen LogP contribution in [0.1, 0.15) is 62.5 Å². The molecule has 6 heteroatoms. The standard InChI is InChI=1S/C21H34N2O4/c1-17-11-12-19(16-18(17)2)23-21(26)22-13-9-15-27-14-8-6-4-3-5-7-10-20(24)25/h11-12,16H,3-10,13-15H2,1-2H3,(H,24,25)(H2,22,23,26). The Kier molecular flexibility index (Phi) is 11.9. The number of nitrogens with one attached hydrogen (secondary N) is 2. The summed E-state index contributed by atoms with van der Waals surface area (Å²) in [7, 11) is 0. The fourth-order valence-corrected chi connectivity index (χ4v) is 2.66. The molecule has 6 nitrogen and oxygen atoms in total. The molecule has 0 aliphatic heterocycles. The number of urea groups is 1. The van der Waals surface area contributed by atoms with Crippen molar-refractivity contribution < 1.29 is 19.4 Å². The first-order valence-electron chi connectivity index (χ1n) is 9.90. The maximum atomic E-state index is 11.8. The average molecular weight is 379 g/mol. The molecule has 0 atom stereocenters. The van der Waals surface area contributed by atoms with Gasteiger partial charge in [-0.25, -0.2) is 4.79 Å². The molecular weight excluding hydrogens is 344 g/mol. The van der Waals surface area contributed by atoms with Crippen molar-refractivity contribution in [3.05, 3.63) is 29.3 Å². The Labute approximate surface area is 162 Å². The van der Waals surface area contributed by atoms with Gasteiger partial charge in [0.25, 0.3) is 0 Å². The van der Waals surface area contributed by atoms with Gasteiger partial charge in [0.1, 0.15) is 0 Å². The smallest absolute Gasteiger partial charge is 0.319 e. The quantitative estimate of drug-likeness (QED) is 0.411. The van der Waals surface area contributed by atoms with Gasteiger partial charge in [-0.15, -0.1) is 0 Å². The van der Waals surface area contributed by atoms with Crippen LogP contribution in [0.2, 0.25) is 0 Å². The van der Waals surface area contributed by atoms with Crippen LogP contribution >= 0.6 is 0 Å². The lowest BCUT2D eigenvalue weighted by Gasteiger charge is -2.09. The minimum atomic E-state index is -0.708. The Morgan fingerprint density at radius 2 is 1.59 bits per heavy atom. The van der Waals surface area contributed by atoms with Crippen LogP contribution < -0.4 is 10.6 Å². The molecule has 1 aromatic rings. The highest BCUT2D eigenvalue weighted by Gasteiger charge is 2.02. The van der Waals surface area contributed by atoms with Gasteiger partial charge in [0, 0.05) is 31.9 Å². The molecule has 0 aromatic heterocycles. The number of ether oxygens (including phenoxy) is 1. The summed E-state index contributed by atoms with van der Waals surface area (Å²) in [4.78, 5) is 22.2. The molecule has 0 bridgehead atoms. The normalized spacial score (nSPS) is 10.6. The molecule has 2 amide bonds. The fourth-order valence-electron chi connectivity index (χ4n) is 2.66. The van der Waals surface area contributed by atoms with Crippen LogP contribution in [-0.2, 0) is 9.53 Å². The Morgan fingerprint density at radius 1 is 0.926 bits per heavy atom. The van der Waals surface area contributed by atoms with Crippen LogP contribution in [0.5, 0.6) is 0 Å². The number of rotatable bonds is 14. The van der Waals surface area contributed by atoms with Crippen LogP contribution in [0.15, 0.2) is 18.2 Å². The van der Waals surface area contributed by atoms with Crippen LogP contribution in [-0.4, -0.2) is 36.9 Å². The summed E-state index contributed by atoms with van der Waals surface area (Å²) in [6.45, 7) is 6.03. The lowest BCUT2D eigenvalue weighted by Crippen LogP contribution is -2.30. The molecule has 3 N–H and O–H groups in total. The summed E-state index contributed by atoms with van der Waals surface area (Å²) in [5, 5.41) is 14.2. The minimum Gasteiger partial charge on any atom is -0.481 e. The summed E-state index contributed by atoms with van der Waals surface area (Å²) in [5.41, 5.74) is 3.16. The van der Waals surface area contributed by atoms with Gasteiger partial charge in [-0.05, 0) is 56.4 Å². The van der Waals surface area contributed by atoms with E-state index in [4.69, 9.17) is 9.84 Å². The molecule has 0 heterocycles. The van der Waals surface area contributed by atoms with E-state index >= 15 is 0 Å². The molecule has 0 aliphatic carbocycles. The van der Waals surface area contributed by atoms with Gasteiger partial charge in [0.05, 0.1) is 0 Å². The largest absolute Gasteiger partial charge is 0.481 e. The predicted molar refractivity (Wildman–Crippen MR) is 108 cm³/mol. The lowest BCUT2D eigenvalue weighted by molar-refractivity contribution is -0.137. The Bertz CT molecular complexity index is 575. The summed E-state index contributed by atoms with van der Waals surface area (Å²) in [5.74, 6) is -0.708. The molecule has 0 saturated heterocycles. The molecular formula is C21H34N2O4. The van der Waals surface area contributed by atoms with Crippen LogP contribution in [0.25, 0.3) is 0 Å². The van der Waals surface area contributed by atoms with Crippen molar-refractivity contribution in [1.29, 1.82) is 0 Å².